The molecule has 1 aromatic carbocycles. The van der Waals surface area contributed by atoms with Crippen LogP contribution in [0.3, 0.4) is 0 Å². The van der Waals surface area contributed by atoms with E-state index in [1.807, 2.05) is 30.3 Å². The van der Waals surface area contributed by atoms with Crippen LogP contribution in [0.15, 0.2) is 52.3 Å². The quantitative estimate of drug-likeness (QED) is 0.746. The average molecular weight is 293 g/mol. The molecule has 3 aromatic rings. The summed E-state index contributed by atoms with van der Waals surface area (Å²) in [6.07, 6.45) is 2.94. The van der Waals surface area contributed by atoms with Crippen LogP contribution in [0.1, 0.15) is 11.1 Å². The Hall–Kier alpha value is -3.40. The van der Waals surface area contributed by atoms with Crippen molar-refractivity contribution < 1.29 is 0 Å². The summed E-state index contributed by atoms with van der Waals surface area (Å²) >= 11 is 0. The Morgan fingerprint density at radius 1 is 1.18 bits per heavy atom. The second-order valence-electron chi connectivity index (χ2n) is 4.71. The molecule has 3 rings (SSSR count). The van der Waals surface area contributed by atoms with Gasteiger partial charge in [0, 0.05) is 12.4 Å². The summed E-state index contributed by atoms with van der Waals surface area (Å²) < 4.78 is 1.30. The smallest absolute Gasteiger partial charge is 0.295 e. The van der Waals surface area contributed by atoms with Crippen molar-refractivity contribution in [1.29, 1.82) is 5.26 Å². The fraction of sp³-hybridized carbons (Fsp3) is 0.0667. The van der Waals surface area contributed by atoms with Gasteiger partial charge in [-0.15, -0.1) is 0 Å². The van der Waals surface area contributed by atoms with E-state index in [0.717, 1.165) is 16.8 Å². The average Bonchev–Trinajstić information content (AvgIpc) is 3.05. The van der Waals surface area contributed by atoms with Crippen LogP contribution in [0, 0.1) is 11.3 Å². The molecule has 2 heterocycles. The summed E-state index contributed by atoms with van der Waals surface area (Å²) in [5, 5.41) is 15.6. The molecule has 0 radical (unpaired) electrons. The first-order valence-corrected chi connectivity index (χ1v) is 6.50. The van der Waals surface area contributed by atoms with Crippen molar-refractivity contribution >= 4 is 0 Å². The first-order chi connectivity index (χ1) is 10.7. The molecule has 2 aromatic heterocycles. The molecular formula is C15H11N5O2. The Labute approximate surface area is 124 Å². The molecule has 0 fully saturated rings. The molecule has 108 valence electrons. The van der Waals surface area contributed by atoms with Crippen LogP contribution < -0.4 is 11.2 Å². The highest BCUT2D eigenvalue weighted by Gasteiger charge is 2.05. The molecule has 0 unspecified atom stereocenters. The second-order valence-corrected chi connectivity index (χ2v) is 4.71. The predicted octanol–water partition coefficient (Wildman–Crippen LogP) is 0.847. The standard InChI is InChI=1S/C15H11N5O2/c16-7-12-9-20(15(22)18-14(12)21)8-10-1-3-11(4-2-10)13-5-6-17-19-13/h1-6,9H,8H2,(H,17,19)(H,18,21,22). The van der Waals surface area contributed by atoms with E-state index in [2.05, 4.69) is 15.2 Å². The van der Waals surface area contributed by atoms with Crippen molar-refractivity contribution in [2.75, 3.05) is 0 Å². The van der Waals surface area contributed by atoms with E-state index in [1.165, 1.54) is 10.8 Å². The number of hydrogen-bond donors (Lipinski definition) is 2. The first-order valence-electron chi connectivity index (χ1n) is 6.50. The Morgan fingerprint density at radius 3 is 2.59 bits per heavy atom. The van der Waals surface area contributed by atoms with Crippen molar-refractivity contribution in [3.05, 3.63) is 74.7 Å². The summed E-state index contributed by atoms with van der Waals surface area (Å²) in [4.78, 5) is 25.2. The molecule has 0 aliphatic rings. The van der Waals surface area contributed by atoms with E-state index >= 15 is 0 Å². The Morgan fingerprint density at radius 2 is 1.95 bits per heavy atom. The zero-order valence-corrected chi connectivity index (χ0v) is 11.4. The summed E-state index contributed by atoms with van der Waals surface area (Å²) in [5.74, 6) is 0. The maximum atomic E-state index is 11.8. The summed E-state index contributed by atoms with van der Waals surface area (Å²) in [5.41, 5.74) is 1.46. The third-order valence-electron chi connectivity index (χ3n) is 3.25. The van der Waals surface area contributed by atoms with E-state index in [-0.39, 0.29) is 12.1 Å². The van der Waals surface area contributed by atoms with E-state index in [0.29, 0.717) is 0 Å². The van der Waals surface area contributed by atoms with Crippen molar-refractivity contribution in [1.82, 2.24) is 19.7 Å². The van der Waals surface area contributed by atoms with E-state index in [1.54, 1.807) is 12.3 Å². The molecule has 0 saturated heterocycles. The second kappa shape index (κ2) is 5.54. The Kier molecular flexibility index (Phi) is 3.42. The minimum Gasteiger partial charge on any atom is -0.295 e. The van der Waals surface area contributed by atoms with Gasteiger partial charge in [0.25, 0.3) is 5.56 Å². The van der Waals surface area contributed by atoms with Crippen LogP contribution in [0.25, 0.3) is 11.3 Å². The first kappa shape index (κ1) is 13.6. The van der Waals surface area contributed by atoms with Crippen molar-refractivity contribution in [2.24, 2.45) is 0 Å². The van der Waals surface area contributed by atoms with Gasteiger partial charge in [-0.05, 0) is 17.2 Å². The predicted molar refractivity (Wildman–Crippen MR) is 79.2 cm³/mol. The fourth-order valence-corrected chi connectivity index (χ4v) is 2.11. The molecule has 0 amide bonds. The number of rotatable bonds is 3. The van der Waals surface area contributed by atoms with Crippen LogP contribution in [0.2, 0.25) is 0 Å². The number of aromatic amines is 2. The van der Waals surface area contributed by atoms with Gasteiger partial charge in [-0.25, -0.2) is 4.79 Å². The molecule has 0 spiro atoms. The molecular weight excluding hydrogens is 282 g/mol. The topological polar surface area (TPSA) is 107 Å². The molecule has 22 heavy (non-hydrogen) atoms. The van der Waals surface area contributed by atoms with E-state index in [9.17, 15) is 9.59 Å². The van der Waals surface area contributed by atoms with Gasteiger partial charge in [0.2, 0.25) is 0 Å². The zero-order valence-electron chi connectivity index (χ0n) is 11.4. The fourth-order valence-electron chi connectivity index (χ4n) is 2.11. The highest BCUT2D eigenvalue weighted by Crippen LogP contribution is 2.16. The lowest BCUT2D eigenvalue weighted by atomic mass is 10.1. The highest BCUT2D eigenvalue weighted by atomic mass is 16.2. The number of benzene rings is 1. The molecule has 0 aliphatic heterocycles. The summed E-state index contributed by atoms with van der Waals surface area (Å²) in [6, 6.07) is 11.2. The van der Waals surface area contributed by atoms with Gasteiger partial charge in [-0.3, -0.25) is 19.4 Å². The number of aromatic nitrogens is 4. The molecule has 0 aliphatic carbocycles. The van der Waals surface area contributed by atoms with Gasteiger partial charge in [-0.1, -0.05) is 24.3 Å². The third-order valence-corrected chi connectivity index (χ3v) is 3.25. The minimum absolute atomic E-state index is 0.0892. The van der Waals surface area contributed by atoms with Crippen LogP contribution >= 0.6 is 0 Å². The normalized spacial score (nSPS) is 10.3. The number of nitriles is 1. The zero-order chi connectivity index (χ0) is 15.5. The molecule has 7 nitrogen and oxygen atoms in total. The molecule has 0 atom stereocenters. The van der Waals surface area contributed by atoms with Gasteiger partial charge < -0.3 is 0 Å². The van der Waals surface area contributed by atoms with Crippen molar-refractivity contribution in [3.8, 4) is 17.3 Å². The van der Waals surface area contributed by atoms with Gasteiger partial charge in [-0.2, -0.15) is 10.4 Å². The maximum absolute atomic E-state index is 11.8. The largest absolute Gasteiger partial charge is 0.328 e. The number of nitrogens with zero attached hydrogens (tertiary/aromatic N) is 3. The molecule has 0 saturated carbocycles. The van der Waals surface area contributed by atoms with Crippen LogP contribution in [0.4, 0.5) is 0 Å². The summed E-state index contributed by atoms with van der Waals surface area (Å²) in [7, 11) is 0. The van der Waals surface area contributed by atoms with Crippen LogP contribution in [-0.4, -0.2) is 19.7 Å². The van der Waals surface area contributed by atoms with Gasteiger partial charge in [0.05, 0.1) is 12.2 Å². The monoisotopic (exact) mass is 293 g/mol. The van der Waals surface area contributed by atoms with E-state index in [4.69, 9.17) is 5.26 Å². The van der Waals surface area contributed by atoms with Crippen molar-refractivity contribution in [2.45, 2.75) is 6.54 Å². The number of H-pyrrole nitrogens is 2. The number of nitrogens with one attached hydrogen (secondary N) is 2. The van der Waals surface area contributed by atoms with Gasteiger partial charge in [0.1, 0.15) is 11.6 Å². The van der Waals surface area contributed by atoms with Crippen LogP contribution in [0.5, 0.6) is 0 Å². The van der Waals surface area contributed by atoms with E-state index < -0.39 is 11.2 Å². The van der Waals surface area contributed by atoms with Gasteiger partial charge >= 0.3 is 5.69 Å². The highest BCUT2D eigenvalue weighted by molar-refractivity contribution is 5.58. The Bertz CT molecular complexity index is 943. The lowest BCUT2D eigenvalue weighted by molar-refractivity contribution is 0.717. The third kappa shape index (κ3) is 2.58. The van der Waals surface area contributed by atoms with Crippen LogP contribution in [-0.2, 0) is 6.54 Å². The summed E-state index contributed by atoms with van der Waals surface area (Å²) in [6.45, 7) is 0.271. The minimum atomic E-state index is -0.668. The molecule has 2 N–H and O–H groups in total. The number of hydrogen-bond acceptors (Lipinski definition) is 4. The molecule has 0 bridgehead atoms. The SMILES string of the molecule is N#Cc1cn(Cc2ccc(-c3ccn[nH]3)cc2)c(=O)[nH]c1=O. The van der Waals surface area contributed by atoms with Gasteiger partial charge in [0.15, 0.2) is 0 Å². The lowest BCUT2D eigenvalue weighted by Gasteiger charge is -2.06. The van der Waals surface area contributed by atoms with Crippen molar-refractivity contribution in [3.63, 3.8) is 0 Å². The maximum Gasteiger partial charge on any atom is 0.328 e. The lowest BCUT2D eigenvalue weighted by Crippen LogP contribution is -2.31. The Balaban J connectivity index is 1.90. The molecule has 7 heteroatoms.